The summed E-state index contributed by atoms with van der Waals surface area (Å²) in [4.78, 5) is 0. The average Bonchev–Trinajstić information content (AvgIpc) is 2.75. The van der Waals surface area contributed by atoms with Crippen LogP contribution in [0.25, 0.3) is 11.4 Å². The van der Waals surface area contributed by atoms with Gasteiger partial charge in [0.15, 0.2) is 5.82 Å². The molecule has 6 heteroatoms. The van der Waals surface area contributed by atoms with Crippen LogP contribution in [-0.4, -0.2) is 33.9 Å². The fourth-order valence-electron chi connectivity index (χ4n) is 1.43. The van der Waals surface area contributed by atoms with Gasteiger partial charge in [0.2, 0.25) is 0 Å². The number of benzene rings is 1. The molecule has 2 N–H and O–H groups in total. The molecule has 0 bridgehead atoms. The first-order chi connectivity index (χ1) is 7.83. The Hall–Kier alpha value is -1.95. The topological polar surface area (TPSA) is 78.8 Å². The Bertz CT molecular complexity index is 468. The molecule has 0 aliphatic heterocycles. The summed E-state index contributed by atoms with van der Waals surface area (Å²) in [6.07, 6.45) is 0. The van der Waals surface area contributed by atoms with E-state index in [0.717, 1.165) is 5.56 Å². The number of tetrazole rings is 1. The summed E-state index contributed by atoms with van der Waals surface area (Å²) < 4.78 is 6.66. The number of aromatic nitrogens is 4. The summed E-state index contributed by atoms with van der Waals surface area (Å²) in [6, 6.07) is 7.50. The summed E-state index contributed by atoms with van der Waals surface area (Å²) in [6.45, 7) is 1.16. The van der Waals surface area contributed by atoms with Crippen LogP contribution in [0.2, 0.25) is 0 Å². The molecule has 0 saturated heterocycles. The van der Waals surface area contributed by atoms with Crippen molar-refractivity contribution in [2.75, 3.05) is 19.5 Å². The molecule has 0 fully saturated rings. The Morgan fingerprint density at radius 1 is 1.38 bits per heavy atom. The third-order valence-electron chi connectivity index (χ3n) is 2.24. The van der Waals surface area contributed by atoms with Gasteiger partial charge in [-0.2, -0.15) is 0 Å². The molecule has 0 aliphatic rings. The lowest BCUT2D eigenvalue weighted by atomic mass is 10.2. The fourth-order valence-corrected chi connectivity index (χ4v) is 1.43. The van der Waals surface area contributed by atoms with Gasteiger partial charge < -0.3 is 10.5 Å². The van der Waals surface area contributed by atoms with Gasteiger partial charge in [-0.15, -0.1) is 5.10 Å². The lowest BCUT2D eigenvalue weighted by Gasteiger charge is -2.05. The van der Waals surface area contributed by atoms with Crippen molar-refractivity contribution in [2.24, 2.45) is 0 Å². The summed E-state index contributed by atoms with van der Waals surface area (Å²) in [7, 11) is 1.64. The molecule has 2 rings (SSSR count). The summed E-state index contributed by atoms with van der Waals surface area (Å²) in [5.41, 5.74) is 7.37. The molecule has 2 aromatic rings. The van der Waals surface area contributed by atoms with Gasteiger partial charge in [-0.1, -0.05) is 12.1 Å². The number of hydrogen-bond donors (Lipinski definition) is 1. The summed E-state index contributed by atoms with van der Waals surface area (Å²) in [5.74, 6) is 0.662. The van der Waals surface area contributed by atoms with Gasteiger partial charge >= 0.3 is 0 Å². The van der Waals surface area contributed by atoms with Gasteiger partial charge in [-0.25, -0.2) is 4.68 Å². The molecule has 16 heavy (non-hydrogen) atoms. The predicted molar refractivity (Wildman–Crippen MR) is 59.5 cm³/mol. The van der Waals surface area contributed by atoms with Crippen LogP contribution in [0.4, 0.5) is 5.69 Å². The van der Waals surface area contributed by atoms with E-state index >= 15 is 0 Å². The first kappa shape index (κ1) is 10.6. The Labute approximate surface area is 93.0 Å². The van der Waals surface area contributed by atoms with Crippen LogP contribution in [0, 0.1) is 0 Å². The molecule has 1 aromatic carbocycles. The number of nitrogens with zero attached hydrogens (tertiary/aromatic N) is 4. The van der Waals surface area contributed by atoms with E-state index in [4.69, 9.17) is 10.5 Å². The predicted octanol–water partition coefficient (Wildman–Crippen LogP) is 0.569. The number of anilines is 1. The summed E-state index contributed by atoms with van der Waals surface area (Å²) in [5, 5.41) is 11.5. The van der Waals surface area contributed by atoms with Crippen molar-refractivity contribution in [1.29, 1.82) is 0 Å². The Morgan fingerprint density at radius 3 is 2.94 bits per heavy atom. The highest BCUT2D eigenvalue weighted by Crippen LogP contribution is 2.22. The van der Waals surface area contributed by atoms with E-state index < -0.39 is 0 Å². The van der Waals surface area contributed by atoms with Gasteiger partial charge in [0.05, 0.1) is 13.2 Å². The van der Waals surface area contributed by atoms with Gasteiger partial charge in [0, 0.05) is 18.4 Å². The molecule has 1 aromatic heterocycles. The van der Waals surface area contributed by atoms with Crippen molar-refractivity contribution in [3.05, 3.63) is 24.3 Å². The van der Waals surface area contributed by atoms with E-state index in [1.165, 1.54) is 0 Å². The van der Waals surface area contributed by atoms with Crippen LogP contribution < -0.4 is 5.73 Å². The molecule has 6 nitrogen and oxygen atoms in total. The summed E-state index contributed by atoms with van der Waals surface area (Å²) >= 11 is 0. The van der Waals surface area contributed by atoms with Gasteiger partial charge in [0.25, 0.3) is 0 Å². The quantitative estimate of drug-likeness (QED) is 0.760. The average molecular weight is 219 g/mol. The third-order valence-corrected chi connectivity index (χ3v) is 2.24. The standard InChI is InChI=1S/C10H13N5O/c1-16-7-6-15-10(12-13-14-15)8-4-2-3-5-9(8)11/h2-5H,6-7,11H2,1H3. The van der Waals surface area contributed by atoms with Crippen molar-refractivity contribution in [2.45, 2.75) is 6.54 Å². The minimum atomic E-state index is 0.560. The van der Waals surface area contributed by atoms with Gasteiger partial charge in [-0.3, -0.25) is 0 Å². The zero-order chi connectivity index (χ0) is 11.4. The van der Waals surface area contributed by atoms with Crippen LogP contribution in [0.1, 0.15) is 0 Å². The molecule has 0 unspecified atom stereocenters. The van der Waals surface area contributed by atoms with Crippen LogP contribution in [0.5, 0.6) is 0 Å². The maximum Gasteiger partial charge on any atom is 0.184 e. The normalized spacial score (nSPS) is 10.6. The number of nitrogen functional groups attached to an aromatic ring is 1. The maximum absolute atomic E-state index is 5.87. The smallest absolute Gasteiger partial charge is 0.184 e. The van der Waals surface area contributed by atoms with Crippen molar-refractivity contribution in [3.63, 3.8) is 0 Å². The zero-order valence-corrected chi connectivity index (χ0v) is 9.00. The molecule has 0 radical (unpaired) electrons. The van der Waals surface area contributed by atoms with Crippen LogP contribution >= 0.6 is 0 Å². The molecular formula is C10H13N5O. The Balaban J connectivity index is 2.33. The lowest BCUT2D eigenvalue weighted by Crippen LogP contribution is -2.08. The molecule has 0 atom stereocenters. The lowest BCUT2D eigenvalue weighted by molar-refractivity contribution is 0.183. The third kappa shape index (κ3) is 2.01. The van der Waals surface area contributed by atoms with Gasteiger partial charge in [0.1, 0.15) is 0 Å². The maximum atomic E-state index is 5.87. The van der Waals surface area contributed by atoms with Crippen molar-refractivity contribution < 1.29 is 4.74 Å². The Morgan fingerprint density at radius 2 is 2.19 bits per heavy atom. The van der Waals surface area contributed by atoms with E-state index in [2.05, 4.69) is 15.5 Å². The molecule has 1 heterocycles. The van der Waals surface area contributed by atoms with E-state index in [9.17, 15) is 0 Å². The minimum absolute atomic E-state index is 0.560. The van der Waals surface area contributed by atoms with E-state index in [1.54, 1.807) is 11.8 Å². The first-order valence-corrected chi connectivity index (χ1v) is 4.93. The molecule has 0 spiro atoms. The Kier molecular flexibility index (Phi) is 3.11. The number of para-hydroxylation sites is 1. The molecule has 0 aliphatic carbocycles. The molecule has 84 valence electrons. The van der Waals surface area contributed by atoms with Crippen LogP contribution in [0.15, 0.2) is 24.3 Å². The first-order valence-electron chi connectivity index (χ1n) is 4.93. The van der Waals surface area contributed by atoms with Crippen molar-refractivity contribution in [1.82, 2.24) is 20.2 Å². The van der Waals surface area contributed by atoms with E-state index in [-0.39, 0.29) is 0 Å². The van der Waals surface area contributed by atoms with E-state index in [0.29, 0.717) is 24.7 Å². The second kappa shape index (κ2) is 4.71. The van der Waals surface area contributed by atoms with Gasteiger partial charge in [-0.05, 0) is 22.6 Å². The number of rotatable bonds is 4. The SMILES string of the molecule is COCCn1nnnc1-c1ccccc1N. The van der Waals surface area contributed by atoms with Crippen molar-refractivity contribution >= 4 is 5.69 Å². The number of hydrogen-bond acceptors (Lipinski definition) is 5. The highest BCUT2D eigenvalue weighted by atomic mass is 16.5. The molecule has 0 saturated carbocycles. The largest absolute Gasteiger partial charge is 0.398 e. The van der Waals surface area contributed by atoms with Crippen molar-refractivity contribution in [3.8, 4) is 11.4 Å². The highest BCUT2D eigenvalue weighted by molar-refractivity contribution is 5.70. The van der Waals surface area contributed by atoms with Crippen LogP contribution in [0.3, 0.4) is 0 Å². The highest BCUT2D eigenvalue weighted by Gasteiger charge is 2.10. The second-order valence-electron chi connectivity index (χ2n) is 3.31. The zero-order valence-electron chi connectivity index (χ0n) is 9.00. The minimum Gasteiger partial charge on any atom is -0.398 e. The monoisotopic (exact) mass is 219 g/mol. The number of ether oxygens (including phenoxy) is 1. The second-order valence-corrected chi connectivity index (χ2v) is 3.31. The molecule has 0 amide bonds. The number of methoxy groups -OCH3 is 1. The fraction of sp³-hybridized carbons (Fsp3) is 0.300. The van der Waals surface area contributed by atoms with E-state index in [1.807, 2.05) is 24.3 Å². The van der Waals surface area contributed by atoms with Crippen LogP contribution in [-0.2, 0) is 11.3 Å². The number of nitrogens with two attached hydrogens (primary N) is 1. The molecular weight excluding hydrogens is 206 g/mol.